The predicted molar refractivity (Wildman–Crippen MR) is 175 cm³/mol. The predicted octanol–water partition coefficient (Wildman–Crippen LogP) is 3.62. The Kier molecular flexibility index (Phi) is 7.84. The number of piperidine rings is 1. The van der Waals surface area contributed by atoms with Crippen LogP contribution in [0.1, 0.15) is 36.2 Å². The quantitative estimate of drug-likeness (QED) is 0.207. The van der Waals surface area contributed by atoms with Gasteiger partial charge in [0.2, 0.25) is 0 Å². The summed E-state index contributed by atoms with van der Waals surface area (Å²) in [6.07, 6.45) is 5.17. The Balaban J connectivity index is 1.11. The molecule has 2 aliphatic heterocycles. The van der Waals surface area contributed by atoms with E-state index in [1.165, 1.54) is 31.6 Å². The first-order valence-corrected chi connectivity index (χ1v) is 15.7. The molecule has 0 radical (unpaired) electrons. The molecule has 3 fully saturated rings. The van der Waals surface area contributed by atoms with Crippen molar-refractivity contribution < 1.29 is 9.90 Å². The number of aromatic nitrogens is 3. The zero-order valence-electron chi connectivity index (χ0n) is 25.2. The summed E-state index contributed by atoms with van der Waals surface area (Å²) in [7, 11) is 2.21. The van der Waals surface area contributed by atoms with Gasteiger partial charge in [-0.2, -0.15) is 0 Å². The molecule has 6 N–H and O–H groups in total. The highest BCUT2D eigenvalue weighted by molar-refractivity contribution is 6.00. The van der Waals surface area contributed by atoms with Crippen LogP contribution in [0.3, 0.4) is 0 Å². The number of carbonyl (C=O) groups is 1. The van der Waals surface area contributed by atoms with Gasteiger partial charge in [0.05, 0.1) is 6.10 Å². The third-order valence-corrected chi connectivity index (χ3v) is 9.45. The lowest BCUT2D eigenvalue weighted by Crippen LogP contribution is -2.52. The van der Waals surface area contributed by atoms with Gasteiger partial charge in [-0.05, 0) is 69.1 Å². The van der Waals surface area contributed by atoms with Crippen LogP contribution in [0.5, 0.6) is 0 Å². The molecule has 0 atom stereocenters. The van der Waals surface area contributed by atoms with Gasteiger partial charge in [0.1, 0.15) is 5.69 Å². The third-order valence-electron chi connectivity index (χ3n) is 9.45. The fourth-order valence-electron chi connectivity index (χ4n) is 6.74. The molecular weight excluding hydrogens is 554 g/mol. The van der Waals surface area contributed by atoms with Gasteiger partial charge in [0.25, 0.3) is 5.91 Å². The van der Waals surface area contributed by atoms with Gasteiger partial charge in [-0.1, -0.05) is 12.1 Å². The lowest BCUT2D eigenvalue weighted by Gasteiger charge is -2.42. The molecule has 2 aromatic carbocycles. The number of amides is 1. The smallest absolute Gasteiger partial charge is 0.271 e. The van der Waals surface area contributed by atoms with Crippen molar-refractivity contribution in [2.24, 2.45) is 5.73 Å². The standard InChI is InChI=1S/C33H41N9O2/c1-40-15-17-42(18-16-40)24-10-13-41(14-11-24)23-7-5-21(6-8-23)36-33-30(31(34)44)38-29(32(39-33)37-22-19-25(43)20-22)27-3-2-4-28-26(27)9-12-35-28/h2-9,12,22,24-25,35,43H,10-11,13-20H2,1H3,(H2,34,44)(H2,36,37,39). The van der Waals surface area contributed by atoms with Gasteiger partial charge in [-0.25, -0.2) is 9.97 Å². The van der Waals surface area contributed by atoms with Gasteiger partial charge in [-0.15, -0.1) is 0 Å². The minimum atomic E-state index is -0.659. The highest BCUT2D eigenvalue weighted by Crippen LogP contribution is 2.36. The molecule has 11 nitrogen and oxygen atoms in total. The van der Waals surface area contributed by atoms with E-state index in [4.69, 9.17) is 15.7 Å². The van der Waals surface area contributed by atoms with E-state index in [2.05, 4.69) is 49.5 Å². The molecule has 0 unspecified atom stereocenters. The molecule has 11 heteroatoms. The van der Waals surface area contributed by atoms with Crippen molar-refractivity contribution >= 4 is 39.8 Å². The number of likely N-dealkylation sites (N-methyl/N-ethyl adjacent to an activating group) is 1. The second-order valence-electron chi connectivity index (χ2n) is 12.4. The molecule has 4 aromatic rings. The number of piperazine rings is 1. The summed E-state index contributed by atoms with van der Waals surface area (Å²) in [5, 5.41) is 17.6. The number of benzene rings is 2. The number of aliphatic hydroxyl groups is 1. The lowest BCUT2D eigenvalue weighted by atomic mass is 9.89. The summed E-state index contributed by atoms with van der Waals surface area (Å²) in [5.41, 5.74) is 10.3. The zero-order valence-corrected chi connectivity index (χ0v) is 25.2. The maximum Gasteiger partial charge on any atom is 0.271 e. The van der Waals surface area contributed by atoms with E-state index in [0.717, 1.165) is 48.3 Å². The van der Waals surface area contributed by atoms with Crippen molar-refractivity contribution in [3.05, 3.63) is 60.4 Å². The minimum Gasteiger partial charge on any atom is -0.393 e. The van der Waals surface area contributed by atoms with Crippen LogP contribution in [-0.4, -0.2) is 100 Å². The lowest BCUT2D eigenvalue weighted by molar-refractivity contribution is 0.0835. The molecule has 4 heterocycles. The Bertz CT molecular complexity index is 1620. The van der Waals surface area contributed by atoms with Crippen LogP contribution >= 0.6 is 0 Å². The van der Waals surface area contributed by atoms with E-state index in [1.807, 2.05) is 42.6 Å². The number of hydrogen-bond donors (Lipinski definition) is 5. The van der Waals surface area contributed by atoms with Crippen molar-refractivity contribution in [1.82, 2.24) is 24.8 Å². The number of hydrogen-bond acceptors (Lipinski definition) is 9. The van der Waals surface area contributed by atoms with Crippen LogP contribution in [0.4, 0.5) is 23.0 Å². The van der Waals surface area contributed by atoms with E-state index < -0.39 is 5.91 Å². The molecule has 1 aliphatic carbocycles. The molecule has 2 aromatic heterocycles. The molecule has 230 valence electrons. The van der Waals surface area contributed by atoms with Gasteiger partial charge in [0.15, 0.2) is 17.3 Å². The Morgan fingerprint density at radius 3 is 2.41 bits per heavy atom. The number of aromatic amines is 1. The average Bonchev–Trinajstić information content (AvgIpc) is 3.51. The van der Waals surface area contributed by atoms with Crippen LogP contribution in [-0.2, 0) is 0 Å². The van der Waals surface area contributed by atoms with E-state index in [0.29, 0.717) is 36.2 Å². The maximum atomic E-state index is 12.7. The number of nitrogens with two attached hydrogens (primary N) is 1. The van der Waals surface area contributed by atoms with Gasteiger partial charge >= 0.3 is 0 Å². The van der Waals surface area contributed by atoms with Crippen LogP contribution in [0.15, 0.2) is 54.7 Å². The number of nitrogens with one attached hydrogen (secondary N) is 3. The monoisotopic (exact) mass is 595 g/mol. The molecule has 1 saturated carbocycles. The SMILES string of the molecule is CN1CCN(C2CCN(c3ccc(Nc4nc(NC5CC(O)C5)c(-c5cccc6[nH]ccc56)nc4C(N)=O)cc3)CC2)CC1. The molecule has 3 aliphatic rings. The van der Waals surface area contributed by atoms with Crippen LogP contribution in [0.25, 0.3) is 22.2 Å². The molecule has 7 rings (SSSR count). The Labute approximate surface area is 257 Å². The largest absolute Gasteiger partial charge is 0.393 e. The summed E-state index contributed by atoms with van der Waals surface area (Å²) >= 11 is 0. The zero-order chi connectivity index (χ0) is 30.2. The topological polar surface area (TPSA) is 139 Å². The van der Waals surface area contributed by atoms with E-state index in [9.17, 15) is 9.90 Å². The van der Waals surface area contributed by atoms with E-state index in [1.54, 1.807) is 0 Å². The van der Waals surface area contributed by atoms with Crippen molar-refractivity contribution in [2.45, 2.75) is 43.9 Å². The number of H-pyrrole nitrogens is 1. The van der Waals surface area contributed by atoms with Gasteiger partial charge in [0, 0.05) is 85.4 Å². The molecule has 1 amide bonds. The first kappa shape index (κ1) is 28.6. The minimum absolute atomic E-state index is 0.0652. The van der Waals surface area contributed by atoms with Crippen molar-refractivity contribution in [3.63, 3.8) is 0 Å². The molecule has 0 bridgehead atoms. The normalized spacial score (nSPS) is 21.7. The number of fused-ring (bicyclic) bond motifs is 1. The maximum absolute atomic E-state index is 12.7. The molecule has 0 spiro atoms. The van der Waals surface area contributed by atoms with Crippen molar-refractivity contribution in [1.29, 1.82) is 0 Å². The summed E-state index contributed by atoms with van der Waals surface area (Å²) in [4.78, 5) is 33.1. The number of aliphatic hydroxyl groups excluding tert-OH is 1. The number of rotatable bonds is 8. The van der Waals surface area contributed by atoms with Crippen molar-refractivity contribution in [3.8, 4) is 11.3 Å². The average molecular weight is 596 g/mol. The Morgan fingerprint density at radius 2 is 1.70 bits per heavy atom. The van der Waals surface area contributed by atoms with Crippen LogP contribution in [0.2, 0.25) is 0 Å². The van der Waals surface area contributed by atoms with Crippen LogP contribution in [0, 0.1) is 0 Å². The van der Waals surface area contributed by atoms with E-state index in [-0.39, 0.29) is 17.8 Å². The summed E-state index contributed by atoms with van der Waals surface area (Å²) in [6.45, 7) is 6.73. The number of carbonyl (C=O) groups excluding carboxylic acids is 1. The highest BCUT2D eigenvalue weighted by atomic mass is 16.3. The van der Waals surface area contributed by atoms with Gasteiger partial charge in [-0.3, -0.25) is 9.69 Å². The fraction of sp³-hybridized carbons (Fsp3) is 0.424. The third kappa shape index (κ3) is 5.82. The first-order valence-electron chi connectivity index (χ1n) is 15.7. The van der Waals surface area contributed by atoms with Crippen LogP contribution < -0.4 is 21.3 Å². The summed E-state index contributed by atoms with van der Waals surface area (Å²) in [5.74, 6) is 0.182. The highest BCUT2D eigenvalue weighted by Gasteiger charge is 2.30. The second kappa shape index (κ2) is 12.1. The molecular formula is C33H41N9O2. The number of nitrogens with zero attached hydrogens (tertiary/aromatic N) is 5. The summed E-state index contributed by atoms with van der Waals surface area (Å²) < 4.78 is 0. The molecule has 2 saturated heterocycles. The summed E-state index contributed by atoms with van der Waals surface area (Å²) in [6, 6.07) is 16.9. The number of anilines is 4. The fourth-order valence-corrected chi connectivity index (χ4v) is 6.74. The van der Waals surface area contributed by atoms with Gasteiger partial charge < -0.3 is 36.3 Å². The van der Waals surface area contributed by atoms with Crippen molar-refractivity contribution in [2.75, 3.05) is 61.8 Å². The second-order valence-corrected chi connectivity index (χ2v) is 12.4. The van der Waals surface area contributed by atoms with E-state index >= 15 is 0 Å². The first-order chi connectivity index (χ1) is 21.4. The Morgan fingerprint density at radius 1 is 0.955 bits per heavy atom. The number of primary amides is 1. The molecule has 44 heavy (non-hydrogen) atoms. The Hall–Kier alpha value is -4.19.